The molecule has 3 aromatic heterocycles. The summed E-state index contributed by atoms with van der Waals surface area (Å²) in [6, 6.07) is 11.8. The molecule has 4 aromatic rings. The third-order valence-corrected chi connectivity index (χ3v) is 5.03. The number of methoxy groups -OCH3 is 1. The topological polar surface area (TPSA) is 118 Å². The lowest BCUT2D eigenvalue weighted by atomic mass is 10.2. The Morgan fingerprint density at radius 1 is 1.24 bits per heavy atom. The summed E-state index contributed by atoms with van der Waals surface area (Å²) in [4.78, 5) is 37.1. The Bertz CT molecular complexity index is 1260. The number of benzene rings is 1. The maximum Gasteiger partial charge on any atom is 0.337 e. The van der Waals surface area contributed by atoms with Crippen molar-refractivity contribution in [2.75, 3.05) is 12.4 Å². The lowest BCUT2D eigenvalue weighted by Gasteiger charge is -2.07. The Kier molecular flexibility index (Phi) is 4.92. The van der Waals surface area contributed by atoms with Crippen LogP contribution in [0.4, 0.5) is 5.69 Å². The number of rotatable bonds is 5. The lowest BCUT2D eigenvalue weighted by molar-refractivity contribution is -0.115. The fourth-order valence-corrected chi connectivity index (χ4v) is 3.49. The van der Waals surface area contributed by atoms with Crippen LogP contribution in [0.15, 0.2) is 52.6 Å². The van der Waals surface area contributed by atoms with E-state index in [1.165, 1.54) is 29.0 Å². The molecule has 0 fully saturated rings. The van der Waals surface area contributed by atoms with Gasteiger partial charge in [0.2, 0.25) is 5.91 Å². The first-order valence-corrected chi connectivity index (χ1v) is 9.42. The van der Waals surface area contributed by atoms with E-state index in [-0.39, 0.29) is 18.2 Å². The number of anilines is 1. The van der Waals surface area contributed by atoms with Crippen molar-refractivity contribution in [3.8, 4) is 10.6 Å². The molecule has 0 spiro atoms. The van der Waals surface area contributed by atoms with Gasteiger partial charge in [-0.25, -0.2) is 14.4 Å². The molecule has 9 nitrogen and oxygen atoms in total. The summed E-state index contributed by atoms with van der Waals surface area (Å²) in [7, 11) is 1.29. The summed E-state index contributed by atoms with van der Waals surface area (Å²) in [5.41, 5.74) is 1.31. The van der Waals surface area contributed by atoms with Crippen LogP contribution >= 0.6 is 11.3 Å². The largest absolute Gasteiger partial charge is 0.465 e. The molecule has 2 N–H and O–H groups in total. The van der Waals surface area contributed by atoms with E-state index in [2.05, 4.69) is 25.3 Å². The van der Waals surface area contributed by atoms with Crippen LogP contribution in [0.3, 0.4) is 0 Å². The number of aromatic nitrogens is 4. The molecule has 0 unspecified atom stereocenters. The van der Waals surface area contributed by atoms with Gasteiger partial charge in [0.05, 0.1) is 24.0 Å². The molecule has 29 heavy (non-hydrogen) atoms. The number of thiophene rings is 1. The van der Waals surface area contributed by atoms with Gasteiger partial charge in [0.15, 0.2) is 5.82 Å². The highest BCUT2D eigenvalue weighted by atomic mass is 32.1. The summed E-state index contributed by atoms with van der Waals surface area (Å²) in [5.74, 6) is -0.590. The molecule has 0 bridgehead atoms. The first-order valence-electron chi connectivity index (χ1n) is 8.54. The number of hydrogen-bond acceptors (Lipinski definition) is 7. The second kappa shape index (κ2) is 7.68. The van der Waals surface area contributed by atoms with Crippen LogP contribution in [0.2, 0.25) is 0 Å². The monoisotopic (exact) mass is 409 g/mol. The number of esters is 1. The van der Waals surface area contributed by atoms with Crippen LogP contribution in [0, 0.1) is 0 Å². The van der Waals surface area contributed by atoms with Gasteiger partial charge in [-0.15, -0.1) is 11.3 Å². The third-order valence-electron chi connectivity index (χ3n) is 4.13. The SMILES string of the molecule is COC(=O)c1cccc(NC(=O)Cc2n[nH]c(=O)c3cc(-c4cccs4)nn23)c1. The van der Waals surface area contributed by atoms with Crippen LogP contribution in [0.25, 0.3) is 16.1 Å². The van der Waals surface area contributed by atoms with Crippen LogP contribution < -0.4 is 10.9 Å². The molecule has 0 saturated heterocycles. The Labute approximate surface area is 168 Å². The fourth-order valence-electron chi connectivity index (χ4n) is 2.81. The molecule has 0 saturated carbocycles. The second-order valence-corrected chi connectivity index (χ2v) is 7.02. The van der Waals surface area contributed by atoms with E-state index >= 15 is 0 Å². The van der Waals surface area contributed by atoms with Gasteiger partial charge >= 0.3 is 5.97 Å². The number of nitrogens with zero attached hydrogens (tertiary/aromatic N) is 3. The molecule has 0 atom stereocenters. The molecule has 1 amide bonds. The number of carbonyl (C=O) groups excluding carboxylic acids is 2. The minimum absolute atomic E-state index is 0.124. The highest BCUT2D eigenvalue weighted by Gasteiger charge is 2.15. The molecular weight excluding hydrogens is 394 g/mol. The van der Waals surface area contributed by atoms with Crippen LogP contribution in [0.5, 0.6) is 0 Å². The lowest BCUT2D eigenvalue weighted by Crippen LogP contribution is -2.22. The summed E-state index contributed by atoms with van der Waals surface area (Å²) in [6.45, 7) is 0. The molecule has 4 rings (SSSR count). The highest BCUT2D eigenvalue weighted by molar-refractivity contribution is 7.13. The molecule has 0 aliphatic carbocycles. The first kappa shape index (κ1) is 18.6. The molecule has 0 aliphatic rings. The summed E-state index contributed by atoms with van der Waals surface area (Å²) < 4.78 is 6.05. The zero-order chi connectivity index (χ0) is 20.4. The fraction of sp³-hybridized carbons (Fsp3) is 0.105. The van der Waals surface area contributed by atoms with Gasteiger partial charge in [-0.2, -0.15) is 10.2 Å². The van der Waals surface area contributed by atoms with E-state index in [0.29, 0.717) is 22.5 Å². The van der Waals surface area contributed by atoms with Gasteiger partial charge in [-0.3, -0.25) is 9.59 Å². The van der Waals surface area contributed by atoms with E-state index in [9.17, 15) is 14.4 Å². The normalized spacial score (nSPS) is 10.8. The minimum atomic E-state index is -0.497. The van der Waals surface area contributed by atoms with Crippen molar-refractivity contribution in [2.45, 2.75) is 6.42 Å². The Morgan fingerprint density at radius 2 is 2.10 bits per heavy atom. The van der Waals surface area contributed by atoms with E-state index < -0.39 is 11.5 Å². The maximum atomic E-state index is 12.5. The van der Waals surface area contributed by atoms with Gasteiger partial charge < -0.3 is 10.1 Å². The average Bonchev–Trinajstić information content (AvgIpc) is 3.40. The van der Waals surface area contributed by atoms with E-state index in [1.54, 1.807) is 24.3 Å². The average molecular weight is 409 g/mol. The molecule has 0 radical (unpaired) electrons. The van der Waals surface area contributed by atoms with Crippen LogP contribution in [0.1, 0.15) is 16.2 Å². The molecule has 1 aromatic carbocycles. The summed E-state index contributed by atoms with van der Waals surface area (Å²) >= 11 is 1.50. The van der Waals surface area contributed by atoms with Gasteiger partial charge in [0.1, 0.15) is 11.2 Å². The van der Waals surface area contributed by atoms with Crippen LogP contribution in [-0.2, 0) is 16.0 Å². The number of nitrogens with one attached hydrogen (secondary N) is 2. The van der Waals surface area contributed by atoms with Crippen LogP contribution in [-0.4, -0.2) is 38.8 Å². The Hall–Kier alpha value is -3.79. The predicted molar refractivity (Wildman–Crippen MR) is 107 cm³/mol. The Morgan fingerprint density at radius 3 is 2.86 bits per heavy atom. The van der Waals surface area contributed by atoms with Crippen molar-refractivity contribution >= 4 is 34.4 Å². The number of amides is 1. The summed E-state index contributed by atoms with van der Waals surface area (Å²) in [6.07, 6.45) is -0.124. The number of hydrogen-bond donors (Lipinski definition) is 2. The van der Waals surface area contributed by atoms with Crippen molar-refractivity contribution in [3.05, 3.63) is 69.6 Å². The standard InChI is InChI=1S/C19H15N5O4S/c1-28-19(27)11-4-2-5-12(8-11)20-17(25)10-16-21-22-18(26)14-9-13(23-24(14)16)15-6-3-7-29-15/h2-9H,10H2,1H3,(H,20,25)(H,22,26). The molecule has 0 aliphatic heterocycles. The second-order valence-electron chi connectivity index (χ2n) is 6.07. The molecule has 146 valence electrons. The van der Waals surface area contributed by atoms with Crippen molar-refractivity contribution in [1.29, 1.82) is 0 Å². The zero-order valence-electron chi connectivity index (χ0n) is 15.2. The van der Waals surface area contributed by atoms with Crippen molar-refractivity contribution in [3.63, 3.8) is 0 Å². The number of aromatic amines is 1. The van der Waals surface area contributed by atoms with Gasteiger partial charge in [-0.05, 0) is 35.7 Å². The molecular formula is C19H15N5O4S. The van der Waals surface area contributed by atoms with E-state index in [1.807, 2.05) is 17.5 Å². The van der Waals surface area contributed by atoms with E-state index in [0.717, 1.165) is 4.88 Å². The zero-order valence-corrected chi connectivity index (χ0v) is 16.0. The maximum absolute atomic E-state index is 12.5. The number of carbonyl (C=O) groups is 2. The van der Waals surface area contributed by atoms with Gasteiger partial charge in [0, 0.05) is 5.69 Å². The number of H-pyrrole nitrogens is 1. The summed E-state index contributed by atoms with van der Waals surface area (Å²) in [5, 5.41) is 15.4. The van der Waals surface area contributed by atoms with E-state index in [4.69, 9.17) is 0 Å². The van der Waals surface area contributed by atoms with Crippen molar-refractivity contribution in [1.82, 2.24) is 19.8 Å². The van der Waals surface area contributed by atoms with Gasteiger partial charge in [-0.1, -0.05) is 12.1 Å². The smallest absolute Gasteiger partial charge is 0.337 e. The molecule has 10 heteroatoms. The Balaban J connectivity index is 1.59. The predicted octanol–water partition coefficient (Wildman–Crippen LogP) is 2.11. The number of fused-ring (bicyclic) bond motifs is 1. The highest BCUT2D eigenvalue weighted by Crippen LogP contribution is 2.23. The number of ether oxygens (including phenoxy) is 1. The first-order chi connectivity index (χ1) is 14.0. The minimum Gasteiger partial charge on any atom is -0.465 e. The third kappa shape index (κ3) is 3.78. The van der Waals surface area contributed by atoms with Crippen molar-refractivity contribution < 1.29 is 14.3 Å². The van der Waals surface area contributed by atoms with Crippen molar-refractivity contribution in [2.24, 2.45) is 0 Å². The van der Waals surface area contributed by atoms with Gasteiger partial charge in [0.25, 0.3) is 5.56 Å². The quantitative estimate of drug-likeness (QED) is 0.488. The molecule has 3 heterocycles.